The first kappa shape index (κ1) is 13.9. The van der Waals surface area contributed by atoms with Crippen LogP contribution in [0.4, 0.5) is 4.39 Å². The van der Waals surface area contributed by atoms with Gasteiger partial charge in [0.25, 0.3) is 0 Å². The molecule has 3 nitrogen and oxygen atoms in total. The zero-order valence-electron chi connectivity index (χ0n) is 10.8. The summed E-state index contributed by atoms with van der Waals surface area (Å²) in [6, 6.07) is 12.4. The van der Waals surface area contributed by atoms with Gasteiger partial charge in [0.2, 0.25) is 5.91 Å². The lowest BCUT2D eigenvalue weighted by Gasteiger charge is -2.04. The minimum Gasteiger partial charge on any atom is -0.370 e. The van der Waals surface area contributed by atoms with Gasteiger partial charge in [-0.2, -0.15) is 0 Å². The first-order chi connectivity index (χ1) is 9.56. The predicted octanol–water partition coefficient (Wildman–Crippen LogP) is 2.47. The van der Waals surface area contributed by atoms with Crippen LogP contribution in [0.25, 0.3) is 0 Å². The number of nitrogens with two attached hydrogens (primary N) is 1. The summed E-state index contributed by atoms with van der Waals surface area (Å²) in [7, 11) is 0. The second-order valence-corrected chi connectivity index (χ2v) is 4.50. The lowest BCUT2D eigenvalue weighted by atomic mass is 9.99. The van der Waals surface area contributed by atoms with Crippen LogP contribution in [-0.4, -0.2) is 11.7 Å². The molecular formula is C16H14FNO2. The molecule has 2 aromatic rings. The van der Waals surface area contributed by atoms with Gasteiger partial charge >= 0.3 is 0 Å². The highest BCUT2D eigenvalue weighted by molar-refractivity contribution is 6.09. The highest BCUT2D eigenvalue weighted by Crippen LogP contribution is 2.13. The number of hydrogen-bond donors (Lipinski definition) is 1. The molecule has 0 aliphatic rings. The second-order valence-electron chi connectivity index (χ2n) is 4.50. The Morgan fingerprint density at radius 3 is 2.35 bits per heavy atom. The first-order valence-corrected chi connectivity index (χ1v) is 6.24. The minimum atomic E-state index is -0.378. The molecule has 4 heteroatoms. The molecule has 0 bridgehead atoms. The Labute approximate surface area is 116 Å². The van der Waals surface area contributed by atoms with E-state index in [1.54, 1.807) is 18.2 Å². The van der Waals surface area contributed by atoms with Gasteiger partial charge < -0.3 is 5.73 Å². The molecule has 0 saturated carbocycles. The molecule has 0 fully saturated rings. The topological polar surface area (TPSA) is 60.2 Å². The van der Waals surface area contributed by atoms with Gasteiger partial charge in [0.05, 0.1) is 0 Å². The Balaban J connectivity index is 2.19. The summed E-state index contributed by atoms with van der Waals surface area (Å²) in [4.78, 5) is 23.0. The molecule has 102 valence electrons. The molecule has 1 amide bonds. The average molecular weight is 271 g/mol. The van der Waals surface area contributed by atoms with E-state index in [0.717, 1.165) is 5.56 Å². The fraction of sp³-hybridized carbons (Fsp3) is 0.125. The molecule has 0 aromatic heterocycles. The normalized spacial score (nSPS) is 10.2. The molecule has 2 rings (SSSR count). The van der Waals surface area contributed by atoms with Crippen molar-refractivity contribution in [1.29, 1.82) is 0 Å². The van der Waals surface area contributed by atoms with Gasteiger partial charge in [0.1, 0.15) is 5.82 Å². The maximum atomic E-state index is 12.8. The molecular weight excluding hydrogens is 257 g/mol. The van der Waals surface area contributed by atoms with E-state index >= 15 is 0 Å². The van der Waals surface area contributed by atoms with E-state index in [1.807, 2.05) is 6.07 Å². The van der Waals surface area contributed by atoms with Gasteiger partial charge in [-0.3, -0.25) is 9.59 Å². The van der Waals surface area contributed by atoms with Crippen molar-refractivity contribution >= 4 is 11.7 Å². The predicted molar refractivity (Wildman–Crippen MR) is 73.8 cm³/mol. The van der Waals surface area contributed by atoms with E-state index in [4.69, 9.17) is 5.73 Å². The zero-order chi connectivity index (χ0) is 14.5. The van der Waals surface area contributed by atoms with Crippen LogP contribution >= 0.6 is 0 Å². The number of benzene rings is 2. The van der Waals surface area contributed by atoms with Gasteiger partial charge in [-0.25, -0.2) is 4.39 Å². The lowest BCUT2D eigenvalue weighted by molar-refractivity contribution is -0.117. The maximum Gasteiger partial charge on any atom is 0.217 e. The number of primary amides is 1. The molecule has 0 heterocycles. The Bertz CT molecular complexity index is 635. The van der Waals surface area contributed by atoms with Crippen LogP contribution < -0.4 is 5.73 Å². The van der Waals surface area contributed by atoms with Gasteiger partial charge in [0, 0.05) is 17.5 Å². The number of ketones is 1. The zero-order valence-corrected chi connectivity index (χ0v) is 10.8. The Kier molecular flexibility index (Phi) is 4.25. The number of amides is 1. The van der Waals surface area contributed by atoms with Crippen molar-refractivity contribution < 1.29 is 14.0 Å². The summed E-state index contributed by atoms with van der Waals surface area (Å²) in [5.41, 5.74) is 6.92. The Morgan fingerprint density at radius 2 is 1.70 bits per heavy atom. The number of hydrogen-bond acceptors (Lipinski definition) is 2. The summed E-state index contributed by atoms with van der Waals surface area (Å²) in [5, 5.41) is 0. The highest BCUT2D eigenvalue weighted by Gasteiger charge is 2.09. The van der Waals surface area contributed by atoms with Crippen molar-refractivity contribution in [2.24, 2.45) is 5.73 Å². The highest BCUT2D eigenvalue weighted by atomic mass is 19.1. The molecule has 0 aliphatic carbocycles. The smallest absolute Gasteiger partial charge is 0.217 e. The van der Waals surface area contributed by atoms with Crippen LogP contribution in [-0.2, 0) is 11.2 Å². The van der Waals surface area contributed by atoms with Gasteiger partial charge in [0.15, 0.2) is 5.78 Å². The van der Waals surface area contributed by atoms with E-state index in [0.29, 0.717) is 17.5 Å². The molecule has 2 aromatic carbocycles. The number of halogens is 1. The summed E-state index contributed by atoms with van der Waals surface area (Å²) in [6.07, 6.45) is 0.744. The summed E-state index contributed by atoms with van der Waals surface area (Å²) >= 11 is 0. The van der Waals surface area contributed by atoms with E-state index < -0.39 is 0 Å². The fourth-order valence-corrected chi connectivity index (χ4v) is 1.90. The number of aryl methyl sites for hydroxylation is 1. The van der Waals surface area contributed by atoms with Crippen LogP contribution in [0.15, 0.2) is 48.5 Å². The average Bonchev–Trinajstić information content (AvgIpc) is 2.45. The van der Waals surface area contributed by atoms with Crippen LogP contribution in [0, 0.1) is 5.82 Å². The number of carbonyl (C=O) groups excluding carboxylic acids is 2. The van der Waals surface area contributed by atoms with E-state index in [2.05, 4.69) is 0 Å². The maximum absolute atomic E-state index is 12.8. The van der Waals surface area contributed by atoms with Gasteiger partial charge in [-0.15, -0.1) is 0 Å². The summed E-state index contributed by atoms with van der Waals surface area (Å²) in [5.74, 6) is -0.928. The van der Waals surface area contributed by atoms with Crippen molar-refractivity contribution in [2.75, 3.05) is 0 Å². The molecule has 0 radical (unpaired) electrons. The van der Waals surface area contributed by atoms with Crippen LogP contribution in [0.2, 0.25) is 0 Å². The fourth-order valence-electron chi connectivity index (χ4n) is 1.90. The lowest BCUT2D eigenvalue weighted by Crippen LogP contribution is -2.11. The SMILES string of the molecule is NC(=O)CCc1cccc(C(=O)c2ccc(F)cc2)c1. The van der Waals surface area contributed by atoms with E-state index in [1.165, 1.54) is 24.3 Å². The monoisotopic (exact) mass is 271 g/mol. The van der Waals surface area contributed by atoms with Crippen molar-refractivity contribution in [3.05, 3.63) is 71.0 Å². The standard InChI is InChI=1S/C16H14FNO2/c17-14-7-5-12(6-8-14)16(20)13-3-1-2-11(10-13)4-9-15(18)19/h1-3,5-8,10H,4,9H2,(H2,18,19). The summed E-state index contributed by atoms with van der Waals surface area (Å²) in [6.45, 7) is 0. The van der Waals surface area contributed by atoms with Gasteiger partial charge in [-0.1, -0.05) is 18.2 Å². The van der Waals surface area contributed by atoms with E-state index in [9.17, 15) is 14.0 Å². The largest absolute Gasteiger partial charge is 0.370 e. The minimum absolute atomic E-state index is 0.175. The quantitative estimate of drug-likeness (QED) is 0.849. The third kappa shape index (κ3) is 3.51. The molecule has 0 atom stereocenters. The van der Waals surface area contributed by atoms with Crippen LogP contribution in [0.3, 0.4) is 0 Å². The molecule has 0 saturated heterocycles. The third-order valence-electron chi connectivity index (χ3n) is 2.96. The van der Waals surface area contributed by atoms with Crippen molar-refractivity contribution in [3.8, 4) is 0 Å². The van der Waals surface area contributed by atoms with Crippen molar-refractivity contribution in [1.82, 2.24) is 0 Å². The molecule has 0 unspecified atom stereocenters. The number of carbonyl (C=O) groups is 2. The van der Waals surface area contributed by atoms with Crippen LogP contribution in [0.5, 0.6) is 0 Å². The molecule has 0 aliphatic heterocycles. The summed E-state index contributed by atoms with van der Waals surface area (Å²) < 4.78 is 12.8. The number of rotatable bonds is 5. The molecule has 20 heavy (non-hydrogen) atoms. The van der Waals surface area contributed by atoms with Crippen LogP contribution in [0.1, 0.15) is 27.9 Å². The second kappa shape index (κ2) is 6.10. The first-order valence-electron chi connectivity index (χ1n) is 6.24. The molecule has 0 spiro atoms. The van der Waals surface area contributed by atoms with Crippen molar-refractivity contribution in [2.45, 2.75) is 12.8 Å². The Hall–Kier alpha value is -2.49. The molecule has 2 N–H and O–H groups in total. The third-order valence-corrected chi connectivity index (χ3v) is 2.96. The van der Waals surface area contributed by atoms with E-state index in [-0.39, 0.29) is 23.9 Å². The van der Waals surface area contributed by atoms with Crippen molar-refractivity contribution in [3.63, 3.8) is 0 Å². The Morgan fingerprint density at radius 1 is 1.00 bits per heavy atom. The van der Waals surface area contributed by atoms with Gasteiger partial charge in [-0.05, 0) is 42.3 Å².